The lowest BCUT2D eigenvalue weighted by Gasteiger charge is -2.29. The Hall–Kier alpha value is -2.84. The normalized spacial score (nSPS) is 14.2. The van der Waals surface area contributed by atoms with Crippen molar-refractivity contribution < 1.29 is 18.8 Å². The lowest BCUT2D eigenvalue weighted by molar-refractivity contribution is 0.0221. The van der Waals surface area contributed by atoms with Crippen molar-refractivity contribution in [2.45, 2.75) is 46.3 Å². The monoisotopic (exact) mass is 347 g/mol. The molecule has 3 heterocycles. The number of hydrogen-bond acceptors (Lipinski definition) is 6. The summed E-state index contributed by atoms with van der Waals surface area (Å²) in [5, 5.41) is 13.4. The summed E-state index contributed by atoms with van der Waals surface area (Å²) in [5.41, 5.74) is 1.32. The van der Waals surface area contributed by atoms with Gasteiger partial charge >= 0.3 is 6.09 Å². The summed E-state index contributed by atoms with van der Waals surface area (Å²) in [6.07, 6.45) is 0.204. The van der Waals surface area contributed by atoms with Gasteiger partial charge < -0.3 is 19.5 Å². The van der Waals surface area contributed by atoms with Gasteiger partial charge in [0.05, 0.1) is 12.2 Å². The maximum Gasteiger partial charge on any atom is 0.410 e. The van der Waals surface area contributed by atoms with Gasteiger partial charge in [0.1, 0.15) is 11.4 Å². The highest BCUT2D eigenvalue weighted by Gasteiger charge is 2.29. The average Bonchev–Trinajstić information content (AvgIpc) is 3.12. The number of fused-ring (bicyclic) bond motifs is 1. The van der Waals surface area contributed by atoms with Gasteiger partial charge in [-0.15, -0.1) is 0 Å². The zero-order valence-electron chi connectivity index (χ0n) is 14.7. The molecule has 3 rings (SSSR count). The van der Waals surface area contributed by atoms with E-state index < -0.39 is 5.60 Å². The van der Waals surface area contributed by atoms with Crippen LogP contribution < -0.4 is 5.32 Å². The Morgan fingerprint density at radius 1 is 1.40 bits per heavy atom. The second-order valence-electron chi connectivity index (χ2n) is 6.96. The molecule has 0 aliphatic carbocycles. The van der Waals surface area contributed by atoms with E-state index in [1.54, 1.807) is 17.9 Å². The molecule has 0 saturated heterocycles. The Kier molecular flexibility index (Phi) is 4.23. The second-order valence-corrected chi connectivity index (χ2v) is 6.96. The summed E-state index contributed by atoms with van der Waals surface area (Å²) in [5.74, 6) is 0.618. The van der Waals surface area contributed by atoms with Gasteiger partial charge in [0.2, 0.25) is 0 Å². The van der Waals surface area contributed by atoms with Crippen LogP contribution in [0, 0.1) is 6.92 Å². The van der Waals surface area contributed by atoms with Crippen LogP contribution in [0.2, 0.25) is 0 Å². The summed E-state index contributed by atoms with van der Waals surface area (Å²) in [6.45, 7) is 8.05. The van der Waals surface area contributed by atoms with Gasteiger partial charge in [-0.25, -0.2) is 4.79 Å². The summed E-state index contributed by atoms with van der Waals surface area (Å²) >= 11 is 0. The summed E-state index contributed by atoms with van der Waals surface area (Å²) in [7, 11) is 0. The fourth-order valence-electron chi connectivity index (χ4n) is 2.55. The molecule has 0 fully saturated rings. The second kappa shape index (κ2) is 6.23. The minimum Gasteiger partial charge on any atom is -0.444 e. The number of H-pyrrole nitrogens is 1. The van der Waals surface area contributed by atoms with Crippen molar-refractivity contribution >= 4 is 17.8 Å². The predicted molar refractivity (Wildman–Crippen MR) is 88.1 cm³/mol. The van der Waals surface area contributed by atoms with Gasteiger partial charge in [-0.2, -0.15) is 5.10 Å². The van der Waals surface area contributed by atoms with Gasteiger partial charge in [0.25, 0.3) is 5.91 Å². The van der Waals surface area contributed by atoms with Crippen LogP contribution in [0.3, 0.4) is 0 Å². The van der Waals surface area contributed by atoms with E-state index in [1.165, 1.54) is 0 Å². The molecule has 2 aromatic rings. The van der Waals surface area contributed by atoms with Crippen LogP contribution in [-0.2, 0) is 17.7 Å². The molecule has 1 aliphatic rings. The van der Waals surface area contributed by atoms with Gasteiger partial charge in [-0.05, 0) is 34.1 Å². The van der Waals surface area contributed by atoms with Crippen molar-refractivity contribution in [1.29, 1.82) is 0 Å². The molecule has 0 saturated carbocycles. The largest absolute Gasteiger partial charge is 0.444 e. The van der Waals surface area contributed by atoms with Gasteiger partial charge in [0, 0.05) is 18.2 Å². The van der Waals surface area contributed by atoms with Crippen LogP contribution >= 0.6 is 0 Å². The van der Waals surface area contributed by atoms with Crippen molar-refractivity contribution in [2.24, 2.45) is 0 Å². The fourth-order valence-corrected chi connectivity index (χ4v) is 2.55. The van der Waals surface area contributed by atoms with Crippen molar-refractivity contribution in [3.8, 4) is 0 Å². The number of rotatable bonds is 2. The fraction of sp³-hybridized carbons (Fsp3) is 0.500. The predicted octanol–water partition coefficient (Wildman–Crippen LogP) is 2.25. The molecule has 0 aromatic carbocycles. The topological polar surface area (TPSA) is 113 Å². The molecule has 9 nitrogen and oxygen atoms in total. The van der Waals surface area contributed by atoms with Crippen LogP contribution in [0.25, 0.3) is 0 Å². The first-order valence-electron chi connectivity index (χ1n) is 8.01. The van der Waals surface area contributed by atoms with E-state index in [2.05, 4.69) is 20.7 Å². The molecule has 0 bridgehead atoms. The quantitative estimate of drug-likeness (QED) is 0.861. The van der Waals surface area contributed by atoms with Crippen LogP contribution in [0.15, 0.2) is 10.6 Å². The zero-order chi connectivity index (χ0) is 18.2. The molecule has 0 atom stereocenters. The van der Waals surface area contributed by atoms with Crippen LogP contribution in [0.4, 0.5) is 10.6 Å². The lowest BCUT2D eigenvalue weighted by atomic mass is 10.1. The highest BCUT2D eigenvalue weighted by molar-refractivity contribution is 6.02. The van der Waals surface area contributed by atoms with Crippen molar-refractivity contribution in [3.63, 3.8) is 0 Å². The smallest absolute Gasteiger partial charge is 0.410 e. The standard InChI is InChI=1S/C16H21N5O4/c1-9-7-11(20-25-9)14(22)17-13-10-5-6-21(8-12(10)18-19-13)15(23)24-16(2,3)4/h7H,5-6,8H2,1-4H3,(H2,17,18,19,22). The molecule has 0 unspecified atom stereocenters. The zero-order valence-corrected chi connectivity index (χ0v) is 14.7. The number of aryl methyl sites for hydroxylation is 1. The molecule has 1 aliphatic heterocycles. The number of anilines is 1. The third-order valence-corrected chi connectivity index (χ3v) is 3.68. The highest BCUT2D eigenvalue weighted by Crippen LogP contribution is 2.25. The summed E-state index contributed by atoms with van der Waals surface area (Å²) in [6, 6.07) is 1.55. The maximum atomic E-state index is 12.2. The Labute approximate surface area is 144 Å². The molecule has 2 N–H and O–H groups in total. The van der Waals surface area contributed by atoms with E-state index in [4.69, 9.17) is 9.26 Å². The Balaban J connectivity index is 1.68. The number of hydrogen-bond donors (Lipinski definition) is 2. The summed E-state index contributed by atoms with van der Waals surface area (Å²) < 4.78 is 10.3. The molecule has 0 radical (unpaired) electrons. The van der Waals surface area contributed by atoms with Crippen molar-refractivity contribution in [1.82, 2.24) is 20.3 Å². The molecule has 9 heteroatoms. The minimum absolute atomic E-state index is 0.195. The van der Waals surface area contributed by atoms with E-state index >= 15 is 0 Å². The number of carbonyl (C=O) groups excluding carboxylic acids is 2. The first-order valence-corrected chi connectivity index (χ1v) is 8.01. The third kappa shape index (κ3) is 3.81. The first kappa shape index (κ1) is 17.0. The number of aromatic amines is 1. The van der Waals surface area contributed by atoms with E-state index in [-0.39, 0.29) is 17.7 Å². The average molecular weight is 347 g/mol. The molecular formula is C16H21N5O4. The van der Waals surface area contributed by atoms with Gasteiger partial charge in [0.15, 0.2) is 11.5 Å². The number of ether oxygens (including phenoxy) is 1. The van der Waals surface area contributed by atoms with Gasteiger partial charge in [-0.3, -0.25) is 9.89 Å². The highest BCUT2D eigenvalue weighted by atomic mass is 16.6. The Bertz CT molecular complexity index is 802. The first-order chi connectivity index (χ1) is 11.7. The lowest BCUT2D eigenvalue weighted by Crippen LogP contribution is -2.39. The third-order valence-electron chi connectivity index (χ3n) is 3.68. The minimum atomic E-state index is -0.541. The van der Waals surface area contributed by atoms with E-state index in [0.717, 1.165) is 11.3 Å². The van der Waals surface area contributed by atoms with Crippen LogP contribution in [0.5, 0.6) is 0 Å². The van der Waals surface area contributed by atoms with Crippen LogP contribution in [0.1, 0.15) is 48.3 Å². The number of nitrogens with zero attached hydrogens (tertiary/aromatic N) is 3. The van der Waals surface area contributed by atoms with Crippen LogP contribution in [-0.4, -0.2) is 44.4 Å². The molecule has 2 amide bonds. The molecule has 25 heavy (non-hydrogen) atoms. The number of nitrogens with one attached hydrogen (secondary N) is 2. The molecule has 134 valence electrons. The number of carbonyl (C=O) groups is 2. The van der Waals surface area contributed by atoms with E-state index in [9.17, 15) is 9.59 Å². The van der Waals surface area contributed by atoms with Crippen molar-refractivity contribution in [2.75, 3.05) is 11.9 Å². The maximum absolute atomic E-state index is 12.2. The summed E-state index contributed by atoms with van der Waals surface area (Å²) in [4.78, 5) is 26.0. The Morgan fingerprint density at radius 2 is 2.16 bits per heavy atom. The van der Waals surface area contributed by atoms with E-state index in [0.29, 0.717) is 31.1 Å². The van der Waals surface area contributed by atoms with Crippen molar-refractivity contribution in [3.05, 3.63) is 28.8 Å². The van der Waals surface area contributed by atoms with E-state index in [1.807, 2.05) is 20.8 Å². The molecule has 2 aromatic heterocycles. The Morgan fingerprint density at radius 3 is 2.80 bits per heavy atom. The molecular weight excluding hydrogens is 326 g/mol. The SMILES string of the molecule is Cc1cc(C(=O)Nc2n[nH]c3c2CCN(C(=O)OC(C)(C)C)C3)no1. The number of aromatic nitrogens is 3. The molecule has 0 spiro atoms. The van der Waals surface area contributed by atoms with Gasteiger partial charge in [-0.1, -0.05) is 5.16 Å². The number of amides is 2.